The lowest BCUT2D eigenvalue weighted by Gasteiger charge is -2.17. The highest BCUT2D eigenvalue weighted by molar-refractivity contribution is 7.91. The molecule has 1 rings (SSSR count). The molecule has 1 aromatic rings. The third-order valence-corrected chi connectivity index (χ3v) is 4.36. The number of hydrogen-bond donors (Lipinski definition) is 2. The molecule has 92 valence electrons. The Morgan fingerprint density at radius 1 is 1.50 bits per heavy atom. The Hall–Kier alpha value is -0.770. The number of likely N-dealkylation sites (N-methyl/N-ethyl adjacent to an activating group) is 1. The summed E-state index contributed by atoms with van der Waals surface area (Å²) >= 11 is 0.847. The van der Waals surface area contributed by atoms with Crippen LogP contribution in [0.4, 0.5) is 5.13 Å². The van der Waals surface area contributed by atoms with Gasteiger partial charge in [0.2, 0.25) is 9.47 Å². The maximum Gasteiger partial charge on any atom is 0.270 e. The molecule has 1 aromatic heterocycles. The Labute approximate surface area is 98.7 Å². The highest BCUT2D eigenvalue weighted by Gasteiger charge is 2.21. The minimum absolute atomic E-state index is 0.101. The van der Waals surface area contributed by atoms with Crippen molar-refractivity contribution in [2.45, 2.75) is 17.3 Å². The fraction of sp³-hybridized carbons (Fsp3) is 0.714. The summed E-state index contributed by atoms with van der Waals surface area (Å²) in [6.45, 7) is 2.38. The summed E-state index contributed by atoms with van der Waals surface area (Å²) in [4.78, 5) is 1.89. The summed E-state index contributed by atoms with van der Waals surface area (Å²) in [6, 6.07) is -0.204. The van der Waals surface area contributed by atoms with Crippen LogP contribution in [0, 0.1) is 0 Å². The Kier molecular flexibility index (Phi) is 4.19. The zero-order valence-electron chi connectivity index (χ0n) is 9.34. The molecule has 0 aromatic carbocycles. The van der Waals surface area contributed by atoms with Gasteiger partial charge < -0.3 is 10.6 Å². The van der Waals surface area contributed by atoms with Crippen molar-refractivity contribution >= 4 is 26.5 Å². The molecule has 0 amide bonds. The predicted molar refractivity (Wildman–Crippen MR) is 62.7 cm³/mol. The molecule has 16 heavy (non-hydrogen) atoms. The SMILES string of the molecule is CC(CN(C)C)NS(=O)(=O)c1nnc(N)s1. The minimum atomic E-state index is -3.60. The second kappa shape index (κ2) is 5.04. The molecule has 0 aliphatic carbocycles. The van der Waals surface area contributed by atoms with Gasteiger partial charge in [0.1, 0.15) is 0 Å². The fourth-order valence-corrected chi connectivity index (χ4v) is 3.26. The molecule has 0 spiro atoms. The lowest BCUT2D eigenvalue weighted by Crippen LogP contribution is -2.39. The molecule has 0 radical (unpaired) electrons. The molecule has 0 bridgehead atoms. The Bertz CT molecular complexity index is 441. The normalized spacial score (nSPS) is 14.2. The molecule has 9 heteroatoms. The summed E-state index contributed by atoms with van der Waals surface area (Å²) < 4.78 is 25.9. The number of rotatable bonds is 5. The van der Waals surface area contributed by atoms with E-state index in [9.17, 15) is 8.42 Å². The van der Waals surface area contributed by atoms with Crippen molar-refractivity contribution in [3.63, 3.8) is 0 Å². The summed E-state index contributed by atoms with van der Waals surface area (Å²) in [5.41, 5.74) is 5.33. The van der Waals surface area contributed by atoms with Crippen LogP contribution in [0.15, 0.2) is 4.34 Å². The largest absolute Gasteiger partial charge is 0.374 e. The van der Waals surface area contributed by atoms with Gasteiger partial charge in [0.15, 0.2) is 0 Å². The average molecular weight is 265 g/mol. The maximum absolute atomic E-state index is 11.8. The van der Waals surface area contributed by atoms with Gasteiger partial charge in [-0.25, -0.2) is 13.1 Å². The van der Waals surface area contributed by atoms with Gasteiger partial charge in [-0.2, -0.15) is 0 Å². The minimum Gasteiger partial charge on any atom is -0.374 e. The van der Waals surface area contributed by atoms with Crippen molar-refractivity contribution in [2.24, 2.45) is 0 Å². The van der Waals surface area contributed by atoms with Crippen LogP contribution >= 0.6 is 11.3 Å². The lowest BCUT2D eigenvalue weighted by molar-refractivity contribution is 0.370. The van der Waals surface area contributed by atoms with Crippen LogP contribution in [0.5, 0.6) is 0 Å². The Morgan fingerprint density at radius 2 is 2.12 bits per heavy atom. The quantitative estimate of drug-likeness (QED) is 0.733. The smallest absolute Gasteiger partial charge is 0.270 e. The Morgan fingerprint density at radius 3 is 2.56 bits per heavy atom. The third kappa shape index (κ3) is 3.67. The summed E-state index contributed by atoms with van der Waals surface area (Å²) in [5, 5.41) is 7.11. The first-order chi connectivity index (χ1) is 7.31. The number of nitrogen functional groups attached to an aromatic ring is 1. The van der Waals surface area contributed by atoms with E-state index in [-0.39, 0.29) is 15.5 Å². The molecule has 7 nitrogen and oxygen atoms in total. The van der Waals surface area contributed by atoms with Gasteiger partial charge in [-0.15, -0.1) is 10.2 Å². The van der Waals surface area contributed by atoms with E-state index in [1.165, 1.54) is 0 Å². The molecule has 1 heterocycles. The van der Waals surface area contributed by atoms with Crippen LogP contribution in [-0.2, 0) is 10.0 Å². The van der Waals surface area contributed by atoms with Crippen molar-refractivity contribution in [1.29, 1.82) is 0 Å². The first-order valence-corrected chi connectivity index (χ1v) is 6.87. The molecule has 1 atom stereocenters. The van der Waals surface area contributed by atoms with E-state index in [1.54, 1.807) is 6.92 Å². The maximum atomic E-state index is 11.8. The first kappa shape index (κ1) is 13.3. The van der Waals surface area contributed by atoms with Crippen LogP contribution in [0.2, 0.25) is 0 Å². The van der Waals surface area contributed by atoms with Gasteiger partial charge in [-0.3, -0.25) is 0 Å². The van der Waals surface area contributed by atoms with Crippen molar-refractivity contribution < 1.29 is 8.42 Å². The second-order valence-electron chi connectivity index (χ2n) is 3.69. The van der Waals surface area contributed by atoms with Crippen molar-refractivity contribution in [3.8, 4) is 0 Å². The van der Waals surface area contributed by atoms with Gasteiger partial charge in [-0.1, -0.05) is 11.3 Å². The van der Waals surface area contributed by atoms with Crippen LogP contribution in [0.3, 0.4) is 0 Å². The lowest BCUT2D eigenvalue weighted by atomic mass is 10.3. The van der Waals surface area contributed by atoms with Crippen LogP contribution in [0.25, 0.3) is 0 Å². The van der Waals surface area contributed by atoms with Gasteiger partial charge in [0.25, 0.3) is 10.0 Å². The summed E-state index contributed by atoms with van der Waals surface area (Å²) in [6.07, 6.45) is 0. The highest BCUT2D eigenvalue weighted by Crippen LogP contribution is 2.16. The average Bonchev–Trinajstić information content (AvgIpc) is 2.49. The molecule has 0 aliphatic rings. The van der Waals surface area contributed by atoms with Gasteiger partial charge >= 0.3 is 0 Å². The number of nitrogens with zero attached hydrogens (tertiary/aromatic N) is 3. The number of aromatic nitrogens is 2. The summed E-state index contributed by atoms with van der Waals surface area (Å²) in [5.74, 6) is 0. The molecule has 0 fully saturated rings. The molecular formula is C7H15N5O2S2. The van der Waals surface area contributed by atoms with Gasteiger partial charge in [0, 0.05) is 12.6 Å². The van der Waals surface area contributed by atoms with E-state index in [1.807, 2.05) is 19.0 Å². The number of sulfonamides is 1. The monoisotopic (exact) mass is 265 g/mol. The van der Waals surface area contributed by atoms with E-state index in [0.717, 1.165) is 11.3 Å². The van der Waals surface area contributed by atoms with Gasteiger partial charge in [-0.05, 0) is 21.0 Å². The zero-order chi connectivity index (χ0) is 12.3. The topological polar surface area (TPSA) is 101 Å². The molecule has 1 unspecified atom stereocenters. The van der Waals surface area contributed by atoms with E-state index in [2.05, 4.69) is 14.9 Å². The van der Waals surface area contributed by atoms with Crippen LogP contribution < -0.4 is 10.5 Å². The number of nitrogens with two attached hydrogens (primary N) is 1. The second-order valence-corrected chi connectivity index (χ2v) is 6.59. The Balaban J connectivity index is 2.73. The third-order valence-electron chi connectivity index (χ3n) is 1.65. The molecule has 0 saturated heterocycles. The highest BCUT2D eigenvalue weighted by atomic mass is 32.2. The number of hydrogen-bond acceptors (Lipinski definition) is 7. The van der Waals surface area contributed by atoms with Crippen molar-refractivity contribution in [1.82, 2.24) is 19.8 Å². The number of anilines is 1. The molecule has 0 saturated carbocycles. The zero-order valence-corrected chi connectivity index (χ0v) is 11.0. The van der Waals surface area contributed by atoms with Crippen LogP contribution in [0.1, 0.15) is 6.92 Å². The van der Waals surface area contributed by atoms with Crippen LogP contribution in [-0.4, -0.2) is 50.2 Å². The number of nitrogens with one attached hydrogen (secondary N) is 1. The van der Waals surface area contributed by atoms with Crippen molar-refractivity contribution in [2.75, 3.05) is 26.4 Å². The van der Waals surface area contributed by atoms with Gasteiger partial charge in [0.05, 0.1) is 0 Å². The van der Waals surface area contributed by atoms with E-state index in [4.69, 9.17) is 5.73 Å². The first-order valence-electron chi connectivity index (χ1n) is 4.57. The fourth-order valence-electron chi connectivity index (χ4n) is 1.23. The van der Waals surface area contributed by atoms with E-state index in [0.29, 0.717) is 6.54 Å². The summed E-state index contributed by atoms with van der Waals surface area (Å²) in [7, 11) is 0.142. The van der Waals surface area contributed by atoms with Crippen molar-refractivity contribution in [3.05, 3.63) is 0 Å². The van der Waals surface area contributed by atoms with E-state index < -0.39 is 10.0 Å². The standard InChI is InChI=1S/C7H15N5O2S2/c1-5(4-12(2)3)11-16(13,14)7-10-9-6(8)15-7/h5,11H,4H2,1-3H3,(H2,8,9). The molecule has 0 aliphatic heterocycles. The molecular weight excluding hydrogens is 250 g/mol. The van der Waals surface area contributed by atoms with E-state index >= 15 is 0 Å². The predicted octanol–water partition coefficient (Wildman–Crippen LogP) is -0.651. The molecule has 3 N–H and O–H groups in total.